The van der Waals surface area contributed by atoms with E-state index in [1.165, 1.54) is 37.8 Å². The van der Waals surface area contributed by atoms with Gasteiger partial charge in [0.1, 0.15) is 6.61 Å². The second-order valence-electron chi connectivity index (χ2n) is 6.39. The number of ether oxygens (including phenoxy) is 2. The van der Waals surface area contributed by atoms with Crippen molar-refractivity contribution in [3.8, 4) is 11.8 Å². The van der Waals surface area contributed by atoms with Crippen molar-refractivity contribution in [3.63, 3.8) is 0 Å². The molecule has 0 bridgehead atoms. The van der Waals surface area contributed by atoms with Crippen LogP contribution in [-0.4, -0.2) is 72.4 Å². The Labute approximate surface area is 147 Å². The Kier molecular flexibility index (Phi) is 8.03. The molecule has 2 rings (SSSR count). The Balaban J connectivity index is 1.45. The summed E-state index contributed by atoms with van der Waals surface area (Å²) in [6.07, 6.45) is 5.40. The molecule has 1 aliphatic carbocycles. The summed E-state index contributed by atoms with van der Waals surface area (Å²) in [5.74, 6) is -0.622. The average molecular weight is 356 g/mol. The molecule has 0 aliphatic heterocycles. The van der Waals surface area contributed by atoms with Crippen LogP contribution in [0.2, 0.25) is 0 Å². The molecule has 0 unspecified atom stereocenters. The summed E-state index contributed by atoms with van der Waals surface area (Å²) < 4.78 is 11.3. The van der Waals surface area contributed by atoms with E-state index >= 15 is 0 Å². The fraction of sp³-hybridized carbons (Fsp3) is 0.706. The van der Waals surface area contributed by atoms with Gasteiger partial charge in [-0.05, 0) is 25.8 Å². The fourth-order valence-corrected chi connectivity index (χ4v) is 2.94. The summed E-state index contributed by atoms with van der Waals surface area (Å²) in [6.45, 7) is 3.01. The van der Waals surface area contributed by atoms with Crippen LogP contribution in [0, 0.1) is 5.92 Å². The largest absolute Gasteiger partial charge is 0.492 e. The predicted molar refractivity (Wildman–Crippen MR) is 90.4 cm³/mol. The molecule has 8 nitrogen and oxygen atoms in total. The molecule has 1 aromatic rings. The number of likely N-dealkylation sites (N-methyl/N-ethyl adjacent to an activating group) is 1. The van der Waals surface area contributed by atoms with Crippen molar-refractivity contribution >= 4 is 5.97 Å². The van der Waals surface area contributed by atoms with E-state index in [0.717, 1.165) is 19.0 Å². The molecule has 0 radical (unpaired) electrons. The fourth-order valence-electron chi connectivity index (χ4n) is 2.94. The summed E-state index contributed by atoms with van der Waals surface area (Å²) in [7, 11) is 2.11. The maximum atomic E-state index is 11.5. The zero-order valence-corrected chi connectivity index (χ0v) is 14.7. The molecule has 0 spiro atoms. The highest BCUT2D eigenvalue weighted by Gasteiger charge is 2.16. The zero-order valence-electron chi connectivity index (χ0n) is 14.7. The normalized spacial score (nSPS) is 15.1. The van der Waals surface area contributed by atoms with Gasteiger partial charge in [-0.25, -0.2) is 4.79 Å². The van der Waals surface area contributed by atoms with Crippen LogP contribution in [-0.2, 0) is 14.3 Å². The smallest absolute Gasteiger partial charge is 0.358 e. The van der Waals surface area contributed by atoms with Crippen LogP contribution >= 0.6 is 0 Å². The molecule has 0 amide bonds. The third-order valence-corrected chi connectivity index (χ3v) is 4.24. The van der Waals surface area contributed by atoms with Gasteiger partial charge in [0, 0.05) is 25.2 Å². The predicted octanol–water partition coefficient (Wildman–Crippen LogP) is 1.01. The van der Waals surface area contributed by atoms with Crippen LogP contribution < -0.4 is 4.84 Å². The maximum absolute atomic E-state index is 11.5. The van der Waals surface area contributed by atoms with Gasteiger partial charge in [0.25, 0.3) is 0 Å². The van der Waals surface area contributed by atoms with Gasteiger partial charge in [-0.3, -0.25) is 0 Å². The number of carbonyl (C=O) groups is 1. The molecule has 25 heavy (non-hydrogen) atoms. The molecule has 142 valence electrons. The van der Waals surface area contributed by atoms with Gasteiger partial charge in [0.15, 0.2) is 0 Å². The molecule has 1 fully saturated rings. The molecule has 1 heterocycles. The lowest BCUT2D eigenvalue weighted by atomic mass is 10.1. The summed E-state index contributed by atoms with van der Waals surface area (Å²) in [4.78, 5) is 18.6. The highest BCUT2D eigenvalue weighted by molar-refractivity contribution is 5.71. The van der Waals surface area contributed by atoms with E-state index in [2.05, 4.69) is 11.9 Å². The number of aromatic nitrogens is 1. The number of hydrogen-bond acceptors (Lipinski definition) is 7. The van der Waals surface area contributed by atoms with Crippen molar-refractivity contribution in [2.45, 2.75) is 25.7 Å². The highest BCUT2D eigenvalue weighted by Crippen LogP contribution is 2.25. The van der Waals surface area contributed by atoms with Crippen molar-refractivity contribution < 1.29 is 29.3 Å². The minimum absolute atomic E-state index is 0.269. The maximum Gasteiger partial charge on any atom is 0.358 e. The highest BCUT2D eigenvalue weighted by atomic mass is 16.7. The lowest BCUT2D eigenvalue weighted by Crippen LogP contribution is -2.28. The Hall–Kier alpha value is -1.77. The van der Waals surface area contributed by atoms with E-state index in [1.54, 1.807) is 0 Å². The molecule has 8 heteroatoms. The van der Waals surface area contributed by atoms with Gasteiger partial charge < -0.3 is 29.4 Å². The Morgan fingerprint density at radius 1 is 1.16 bits per heavy atom. The van der Waals surface area contributed by atoms with Crippen molar-refractivity contribution in [2.75, 3.05) is 46.6 Å². The molecule has 2 N–H and O–H groups in total. The molecular weight excluding hydrogens is 328 g/mol. The van der Waals surface area contributed by atoms with E-state index in [9.17, 15) is 15.0 Å². The van der Waals surface area contributed by atoms with E-state index < -0.39 is 5.97 Å². The van der Waals surface area contributed by atoms with E-state index in [4.69, 9.17) is 14.3 Å². The van der Waals surface area contributed by atoms with Gasteiger partial charge in [0.05, 0.1) is 19.8 Å². The standard InChI is InChI=1S/C17H28N2O6/c1-18(12-14-4-2-3-5-14)8-9-23-10-11-24-13-17(22)25-19-15(20)6-7-16(19)21/h6-7,14,20-21H,2-5,8-13H2,1H3. The lowest BCUT2D eigenvalue weighted by Gasteiger charge is -2.20. The summed E-state index contributed by atoms with van der Waals surface area (Å²) >= 11 is 0. The first-order chi connectivity index (χ1) is 12.1. The summed E-state index contributed by atoms with van der Waals surface area (Å²) in [6, 6.07) is 2.42. The van der Waals surface area contributed by atoms with E-state index in [0.29, 0.717) is 17.9 Å². The SMILES string of the molecule is CN(CCOCCOCC(=O)On1c(O)ccc1O)CC1CCCC1. The van der Waals surface area contributed by atoms with Crippen molar-refractivity contribution in [1.29, 1.82) is 0 Å². The monoisotopic (exact) mass is 356 g/mol. The number of nitrogens with zero attached hydrogens (tertiary/aromatic N) is 2. The van der Waals surface area contributed by atoms with Gasteiger partial charge in [-0.2, -0.15) is 0 Å². The molecule has 0 aromatic carbocycles. The lowest BCUT2D eigenvalue weighted by molar-refractivity contribution is -0.151. The van der Waals surface area contributed by atoms with Crippen LogP contribution in [0.15, 0.2) is 12.1 Å². The van der Waals surface area contributed by atoms with Crippen LogP contribution in [0.3, 0.4) is 0 Å². The van der Waals surface area contributed by atoms with Gasteiger partial charge in [-0.15, -0.1) is 4.73 Å². The minimum Gasteiger partial charge on any atom is -0.492 e. The van der Waals surface area contributed by atoms with Crippen LogP contribution in [0.4, 0.5) is 0 Å². The number of carbonyl (C=O) groups excluding carboxylic acids is 1. The quantitative estimate of drug-likeness (QED) is 0.572. The van der Waals surface area contributed by atoms with Crippen molar-refractivity contribution in [2.24, 2.45) is 5.92 Å². The van der Waals surface area contributed by atoms with Crippen LogP contribution in [0.25, 0.3) is 0 Å². The molecule has 1 aromatic heterocycles. The van der Waals surface area contributed by atoms with E-state index in [-0.39, 0.29) is 25.0 Å². The van der Waals surface area contributed by atoms with Gasteiger partial charge >= 0.3 is 5.97 Å². The first-order valence-electron chi connectivity index (χ1n) is 8.71. The number of hydrogen-bond donors (Lipinski definition) is 2. The summed E-state index contributed by atoms with van der Waals surface area (Å²) in [5, 5.41) is 18.7. The molecule has 1 aliphatic rings. The Morgan fingerprint density at radius 3 is 2.48 bits per heavy atom. The van der Waals surface area contributed by atoms with Crippen LogP contribution in [0.1, 0.15) is 25.7 Å². The van der Waals surface area contributed by atoms with Gasteiger partial charge in [0.2, 0.25) is 11.8 Å². The Morgan fingerprint density at radius 2 is 1.80 bits per heavy atom. The van der Waals surface area contributed by atoms with Crippen LogP contribution in [0.5, 0.6) is 11.8 Å². The molecular formula is C17H28N2O6. The number of aromatic hydroxyl groups is 2. The molecule has 0 saturated heterocycles. The first-order valence-corrected chi connectivity index (χ1v) is 8.71. The van der Waals surface area contributed by atoms with E-state index in [1.807, 2.05) is 0 Å². The van der Waals surface area contributed by atoms with Gasteiger partial charge in [-0.1, -0.05) is 12.8 Å². The topological polar surface area (TPSA) is 93.4 Å². The average Bonchev–Trinajstić information content (AvgIpc) is 3.19. The Bertz CT molecular complexity index is 508. The third kappa shape index (κ3) is 6.93. The van der Waals surface area contributed by atoms with Crippen molar-refractivity contribution in [1.82, 2.24) is 9.63 Å². The molecule has 0 atom stereocenters. The summed E-state index contributed by atoms with van der Waals surface area (Å²) in [5.41, 5.74) is 0. The minimum atomic E-state index is -0.724. The first kappa shape index (κ1) is 19.6. The number of rotatable bonds is 11. The second kappa shape index (κ2) is 10.3. The van der Waals surface area contributed by atoms with Crippen molar-refractivity contribution in [3.05, 3.63) is 12.1 Å². The second-order valence-corrected chi connectivity index (χ2v) is 6.39. The molecule has 1 saturated carbocycles. The zero-order chi connectivity index (χ0) is 18.1. The third-order valence-electron chi connectivity index (χ3n) is 4.24.